The maximum Gasteiger partial charge on any atom is 0.326 e. The lowest BCUT2D eigenvalue weighted by Gasteiger charge is -2.17. The smallest absolute Gasteiger partial charge is 0.326 e. The van der Waals surface area contributed by atoms with Crippen molar-refractivity contribution < 1.29 is 24.2 Å². The topological polar surface area (TPSA) is 89.0 Å². The number of benzene rings is 2. The van der Waals surface area contributed by atoms with Crippen LogP contribution >= 0.6 is 0 Å². The molecular weight excluding hydrogens is 360 g/mol. The second kappa shape index (κ2) is 9.18. The molecule has 0 atom stereocenters. The average molecular weight is 378 g/mol. The normalized spacial score (nSPS) is 10.1. The van der Waals surface area contributed by atoms with Crippen LogP contribution in [0.15, 0.2) is 72.9 Å². The van der Waals surface area contributed by atoms with Gasteiger partial charge in [-0.1, -0.05) is 48.5 Å². The molecular formula is C21H18N2O5. The highest BCUT2D eigenvalue weighted by Gasteiger charge is 2.18. The number of rotatable bonds is 8. The van der Waals surface area contributed by atoms with Gasteiger partial charge in [-0.15, -0.1) is 0 Å². The van der Waals surface area contributed by atoms with E-state index in [4.69, 9.17) is 9.47 Å². The van der Waals surface area contributed by atoms with Crippen molar-refractivity contribution in [1.82, 2.24) is 4.98 Å². The van der Waals surface area contributed by atoms with Crippen molar-refractivity contribution >= 4 is 18.2 Å². The zero-order valence-corrected chi connectivity index (χ0v) is 14.9. The lowest BCUT2D eigenvalue weighted by atomic mass is 10.2. The second-order valence-electron chi connectivity index (χ2n) is 5.81. The molecule has 0 saturated heterocycles. The Morgan fingerprint density at radius 1 is 1.04 bits per heavy atom. The minimum atomic E-state index is -0.623. The van der Waals surface area contributed by atoms with Crippen molar-refractivity contribution in [1.29, 1.82) is 0 Å². The Hall–Kier alpha value is -3.87. The van der Waals surface area contributed by atoms with Gasteiger partial charge in [-0.05, 0) is 17.7 Å². The first-order chi connectivity index (χ1) is 13.7. The average Bonchev–Trinajstić information content (AvgIpc) is 2.72. The lowest BCUT2D eigenvalue weighted by molar-refractivity contribution is -0.143. The predicted molar refractivity (Wildman–Crippen MR) is 102 cm³/mol. The summed E-state index contributed by atoms with van der Waals surface area (Å²) in [5, 5.41) is 10.2. The Bertz CT molecular complexity index is 932. The highest BCUT2D eigenvalue weighted by molar-refractivity contribution is 5.86. The number of carbonyl (C=O) groups excluding carboxylic acids is 2. The first kappa shape index (κ1) is 18.9. The number of anilines is 1. The van der Waals surface area contributed by atoms with E-state index in [0.717, 1.165) is 10.5 Å². The second-order valence-corrected chi connectivity index (χ2v) is 5.81. The van der Waals surface area contributed by atoms with Gasteiger partial charge in [0.1, 0.15) is 24.7 Å². The van der Waals surface area contributed by atoms with Crippen molar-refractivity contribution in [2.75, 3.05) is 11.4 Å². The molecule has 1 aromatic heterocycles. The van der Waals surface area contributed by atoms with Crippen molar-refractivity contribution in [3.63, 3.8) is 0 Å². The molecule has 0 aliphatic heterocycles. The van der Waals surface area contributed by atoms with Gasteiger partial charge in [0.05, 0.1) is 6.20 Å². The molecule has 0 spiro atoms. The molecule has 3 rings (SSSR count). The van der Waals surface area contributed by atoms with E-state index >= 15 is 0 Å². The fourth-order valence-corrected chi connectivity index (χ4v) is 2.41. The third-order valence-electron chi connectivity index (χ3n) is 3.74. The number of para-hydroxylation sites is 1. The summed E-state index contributed by atoms with van der Waals surface area (Å²) < 4.78 is 10.7. The maximum atomic E-state index is 12.0. The number of ether oxygens (including phenoxy) is 2. The molecule has 0 aliphatic rings. The van der Waals surface area contributed by atoms with E-state index in [1.807, 2.05) is 48.5 Å². The van der Waals surface area contributed by atoms with E-state index in [-0.39, 0.29) is 24.7 Å². The lowest BCUT2D eigenvalue weighted by Crippen LogP contribution is -2.30. The van der Waals surface area contributed by atoms with E-state index in [2.05, 4.69) is 4.98 Å². The first-order valence-corrected chi connectivity index (χ1v) is 8.49. The predicted octanol–water partition coefficient (Wildman–Crippen LogP) is 3.29. The molecule has 1 amide bonds. The zero-order chi connectivity index (χ0) is 19.8. The van der Waals surface area contributed by atoms with E-state index in [0.29, 0.717) is 17.9 Å². The molecule has 0 unspecified atom stereocenters. The highest BCUT2D eigenvalue weighted by atomic mass is 16.5. The zero-order valence-electron chi connectivity index (χ0n) is 14.9. The standard InChI is InChI=1S/C21H18N2O5/c24-15-23(13-20(26)27-14-16-7-3-1-4-8-16)21-19(25)11-18(12-22-21)28-17-9-5-2-6-10-17/h1-12,15,25H,13-14H2. The minimum Gasteiger partial charge on any atom is -0.504 e. The number of hydrogen-bond donors (Lipinski definition) is 1. The van der Waals surface area contributed by atoms with E-state index < -0.39 is 5.97 Å². The number of pyridine rings is 1. The summed E-state index contributed by atoms with van der Waals surface area (Å²) in [6.07, 6.45) is 1.76. The van der Waals surface area contributed by atoms with Crippen LogP contribution in [0.25, 0.3) is 0 Å². The quantitative estimate of drug-likeness (QED) is 0.478. The molecule has 1 N–H and O–H groups in total. The van der Waals surface area contributed by atoms with Crippen LogP contribution in [0.1, 0.15) is 5.56 Å². The fourth-order valence-electron chi connectivity index (χ4n) is 2.41. The third-order valence-corrected chi connectivity index (χ3v) is 3.74. The van der Waals surface area contributed by atoms with Crippen LogP contribution in [-0.2, 0) is 20.9 Å². The van der Waals surface area contributed by atoms with Crippen molar-refractivity contribution in [2.24, 2.45) is 0 Å². The number of hydrogen-bond acceptors (Lipinski definition) is 6. The number of nitrogens with zero attached hydrogens (tertiary/aromatic N) is 2. The molecule has 28 heavy (non-hydrogen) atoms. The Kier molecular flexibility index (Phi) is 6.20. The van der Waals surface area contributed by atoms with Gasteiger partial charge in [-0.25, -0.2) is 4.98 Å². The van der Waals surface area contributed by atoms with Crippen molar-refractivity contribution in [2.45, 2.75) is 6.61 Å². The van der Waals surface area contributed by atoms with Crippen LogP contribution in [-0.4, -0.2) is 29.0 Å². The number of esters is 1. The highest BCUT2D eigenvalue weighted by Crippen LogP contribution is 2.30. The van der Waals surface area contributed by atoms with Crippen molar-refractivity contribution in [3.8, 4) is 17.2 Å². The van der Waals surface area contributed by atoms with Gasteiger partial charge in [0, 0.05) is 6.07 Å². The summed E-state index contributed by atoms with van der Waals surface area (Å²) in [7, 11) is 0. The van der Waals surface area contributed by atoms with Gasteiger partial charge in [-0.2, -0.15) is 0 Å². The molecule has 0 radical (unpaired) electrons. The molecule has 0 saturated carbocycles. The largest absolute Gasteiger partial charge is 0.504 e. The van der Waals surface area contributed by atoms with E-state index in [9.17, 15) is 14.7 Å². The van der Waals surface area contributed by atoms with Gasteiger partial charge in [0.15, 0.2) is 11.6 Å². The minimum absolute atomic E-state index is 0.0629. The van der Waals surface area contributed by atoms with Crippen LogP contribution in [0.2, 0.25) is 0 Å². The van der Waals surface area contributed by atoms with Gasteiger partial charge in [-0.3, -0.25) is 14.5 Å². The van der Waals surface area contributed by atoms with Gasteiger partial charge < -0.3 is 14.6 Å². The molecule has 0 aliphatic carbocycles. The number of aromatic nitrogens is 1. The van der Waals surface area contributed by atoms with E-state index in [1.54, 1.807) is 12.1 Å². The summed E-state index contributed by atoms with van der Waals surface area (Å²) >= 11 is 0. The van der Waals surface area contributed by atoms with Crippen molar-refractivity contribution in [3.05, 3.63) is 78.5 Å². The molecule has 2 aromatic carbocycles. The molecule has 7 heteroatoms. The Balaban J connectivity index is 1.63. The first-order valence-electron chi connectivity index (χ1n) is 8.49. The third kappa shape index (κ3) is 5.07. The summed E-state index contributed by atoms with van der Waals surface area (Å²) in [6, 6.07) is 19.5. The Labute approximate surface area is 161 Å². The molecule has 0 bridgehead atoms. The molecule has 142 valence electrons. The van der Waals surface area contributed by atoms with Crippen LogP contribution in [0.4, 0.5) is 5.82 Å². The number of amides is 1. The van der Waals surface area contributed by atoms with Crippen LogP contribution in [0.5, 0.6) is 17.2 Å². The summed E-state index contributed by atoms with van der Waals surface area (Å²) in [6.45, 7) is -0.286. The Morgan fingerprint density at radius 3 is 2.36 bits per heavy atom. The van der Waals surface area contributed by atoms with E-state index in [1.165, 1.54) is 12.3 Å². The summed E-state index contributed by atoms with van der Waals surface area (Å²) in [5.41, 5.74) is 0.830. The maximum absolute atomic E-state index is 12.0. The molecule has 3 aromatic rings. The summed E-state index contributed by atoms with van der Waals surface area (Å²) in [5.74, 6) is -0.108. The monoisotopic (exact) mass is 378 g/mol. The van der Waals surface area contributed by atoms with Gasteiger partial charge in [0.2, 0.25) is 6.41 Å². The van der Waals surface area contributed by atoms with Crippen LogP contribution in [0, 0.1) is 0 Å². The fraction of sp³-hybridized carbons (Fsp3) is 0.0952. The Morgan fingerprint density at radius 2 is 1.71 bits per heavy atom. The molecule has 0 fully saturated rings. The van der Waals surface area contributed by atoms with Crippen LogP contribution in [0.3, 0.4) is 0 Å². The SMILES string of the molecule is O=CN(CC(=O)OCc1ccccc1)c1ncc(Oc2ccccc2)cc1O. The van der Waals surface area contributed by atoms with Crippen LogP contribution < -0.4 is 9.64 Å². The van der Waals surface area contributed by atoms with Gasteiger partial charge >= 0.3 is 5.97 Å². The summed E-state index contributed by atoms with van der Waals surface area (Å²) in [4.78, 5) is 28.4. The molecule has 1 heterocycles. The number of carbonyl (C=O) groups is 2. The number of aromatic hydroxyl groups is 1. The molecule has 7 nitrogen and oxygen atoms in total. The van der Waals surface area contributed by atoms with Gasteiger partial charge in [0.25, 0.3) is 0 Å².